The molecule has 0 bridgehead atoms. The molecule has 1 saturated heterocycles. The molecule has 0 N–H and O–H groups in total. The Balaban J connectivity index is 1.66. The number of benzene rings is 2. The number of carbonyl (C=O) groups excluding carboxylic acids is 1. The minimum atomic E-state index is -0.719. The fourth-order valence-electron chi connectivity index (χ4n) is 2.53. The van der Waals surface area contributed by atoms with Crippen molar-refractivity contribution in [3.63, 3.8) is 0 Å². The molecule has 1 aliphatic rings. The number of esters is 1. The van der Waals surface area contributed by atoms with Crippen molar-refractivity contribution in [2.24, 2.45) is 0 Å². The van der Waals surface area contributed by atoms with Gasteiger partial charge in [0.1, 0.15) is 5.75 Å². The largest absolute Gasteiger partial charge is 0.493 e. The van der Waals surface area contributed by atoms with Gasteiger partial charge in [0, 0.05) is 11.5 Å². The van der Waals surface area contributed by atoms with E-state index in [1.165, 1.54) is 5.56 Å². The minimum absolute atomic E-state index is 0.411. The van der Waals surface area contributed by atoms with E-state index in [1.807, 2.05) is 66.8 Å². The summed E-state index contributed by atoms with van der Waals surface area (Å²) in [5.74, 6) is 3.46. The Bertz CT molecular complexity index is 755. The normalized spacial score (nSPS) is 15.5. The molecule has 1 heterocycles. The van der Waals surface area contributed by atoms with Crippen molar-refractivity contribution in [2.75, 3.05) is 18.6 Å². The maximum atomic E-state index is 12.4. The smallest absolute Gasteiger partial charge is 0.352 e. The van der Waals surface area contributed by atoms with Gasteiger partial charge in [-0.1, -0.05) is 23.8 Å². The van der Waals surface area contributed by atoms with Crippen molar-refractivity contribution in [2.45, 2.75) is 24.5 Å². The summed E-state index contributed by atoms with van der Waals surface area (Å²) in [6, 6.07) is 13.3. The first kappa shape index (κ1) is 19.0. The molecule has 1 fully saturated rings. The molecule has 3 rings (SSSR count). The Morgan fingerprint density at radius 1 is 1.08 bits per heavy atom. The lowest BCUT2D eigenvalue weighted by molar-refractivity contribution is -0.141. The van der Waals surface area contributed by atoms with E-state index in [0.29, 0.717) is 21.8 Å². The van der Waals surface area contributed by atoms with E-state index in [1.54, 1.807) is 20.1 Å². The molecule has 0 radical (unpaired) electrons. The maximum absolute atomic E-state index is 12.4. The number of hydrogen-bond acceptors (Lipinski definition) is 6. The molecule has 1 atom stereocenters. The topological polar surface area (TPSA) is 44.8 Å². The molecular weight excluding hydrogens is 368 g/mol. The second kappa shape index (κ2) is 8.73. The van der Waals surface area contributed by atoms with Gasteiger partial charge in [0.25, 0.3) is 0 Å². The van der Waals surface area contributed by atoms with E-state index in [-0.39, 0.29) is 0 Å². The monoisotopic (exact) mass is 390 g/mol. The standard InChI is InChI=1S/C20H22O4S2/c1-13-4-7-16(8-5-13)23-14(2)19(21)24-17-9-6-15(12-18(17)22-3)20-25-10-11-26-20/h4-9,12,14,20H,10-11H2,1-3H3. The van der Waals surface area contributed by atoms with Crippen LogP contribution in [0.4, 0.5) is 0 Å². The number of hydrogen-bond donors (Lipinski definition) is 0. The fraction of sp³-hybridized carbons (Fsp3) is 0.350. The molecule has 2 aromatic rings. The summed E-state index contributed by atoms with van der Waals surface area (Å²) in [5, 5.41) is 0. The molecule has 0 amide bonds. The third-order valence-electron chi connectivity index (χ3n) is 3.96. The van der Waals surface area contributed by atoms with Crippen molar-refractivity contribution in [3.8, 4) is 17.2 Å². The van der Waals surface area contributed by atoms with Crippen LogP contribution in [0.25, 0.3) is 0 Å². The zero-order valence-electron chi connectivity index (χ0n) is 15.1. The SMILES string of the molecule is COc1cc(C2SCCS2)ccc1OC(=O)C(C)Oc1ccc(C)cc1. The summed E-state index contributed by atoms with van der Waals surface area (Å²) in [5.41, 5.74) is 2.31. The minimum Gasteiger partial charge on any atom is -0.493 e. The van der Waals surface area contributed by atoms with Gasteiger partial charge in [-0.25, -0.2) is 4.79 Å². The highest BCUT2D eigenvalue weighted by Gasteiger charge is 2.22. The number of methoxy groups -OCH3 is 1. The van der Waals surface area contributed by atoms with Crippen LogP contribution in [0.1, 0.15) is 22.6 Å². The number of rotatable bonds is 6. The third-order valence-corrected chi connectivity index (χ3v) is 7.06. The van der Waals surface area contributed by atoms with Crippen molar-refractivity contribution >= 4 is 29.5 Å². The van der Waals surface area contributed by atoms with Crippen molar-refractivity contribution in [3.05, 3.63) is 53.6 Å². The van der Waals surface area contributed by atoms with Crippen LogP contribution in [-0.4, -0.2) is 30.7 Å². The third kappa shape index (κ3) is 4.68. The molecule has 0 saturated carbocycles. The molecule has 26 heavy (non-hydrogen) atoms. The molecule has 6 heteroatoms. The summed E-state index contributed by atoms with van der Waals surface area (Å²) in [6.45, 7) is 3.68. The van der Waals surface area contributed by atoms with Crippen LogP contribution in [0.15, 0.2) is 42.5 Å². The summed E-state index contributed by atoms with van der Waals surface area (Å²) >= 11 is 3.84. The van der Waals surface area contributed by atoms with Gasteiger partial charge >= 0.3 is 5.97 Å². The molecule has 4 nitrogen and oxygen atoms in total. The van der Waals surface area contributed by atoms with Gasteiger partial charge in [-0.3, -0.25) is 0 Å². The highest BCUT2D eigenvalue weighted by molar-refractivity contribution is 8.19. The van der Waals surface area contributed by atoms with Crippen molar-refractivity contribution in [1.29, 1.82) is 0 Å². The molecule has 0 aliphatic carbocycles. The lowest BCUT2D eigenvalue weighted by Crippen LogP contribution is -2.28. The fourth-order valence-corrected chi connectivity index (χ4v) is 5.36. The number of aryl methyl sites for hydroxylation is 1. The second-order valence-corrected chi connectivity index (χ2v) is 8.70. The van der Waals surface area contributed by atoms with E-state index >= 15 is 0 Å². The molecule has 2 aromatic carbocycles. The number of carbonyl (C=O) groups is 1. The molecular formula is C20H22O4S2. The summed E-state index contributed by atoms with van der Waals surface area (Å²) < 4.78 is 17.0. The van der Waals surface area contributed by atoms with Crippen LogP contribution in [0.5, 0.6) is 17.2 Å². The Labute approximate surface area is 162 Å². The van der Waals surface area contributed by atoms with Crippen LogP contribution in [0, 0.1) is 6.92 Å². The van der Waals surface area contributed by atoms with Crippen LogP contribution >= 0.6 is 23.5 Å². The van der Waals surface area contributed by atoms with Crippen LogP contribution < -0.4 is 14.2 Å². The Morgan fingerprint density at radius 2 is 1.77 bits per heavy atom. The lowest BCUT2D eigenvalue weighted by atomic mass is 10.2. The molecule has 0 aromatic heterocycles. The molecule has 0 spiro atoms. The lowest BCUT2D eigenvalue weighted by Gasteiger charge is -2.16. The first-order chi connectivity index (χ1) is 12.6. The van der Waals surface area contributed by atoms with Crippen LogP contribution in [0.3, 0.4) is 0 Å². The second-order valence-electron chi connectivity index (χ2n) is 5.98. The van der Waals surface area contributed by atoms with Gasteiger partial charge in [0.15, 0.2) is 17.6 Å². The van der Waals surface area contributed by atoms with Crippen LogP contribution in [-0.2, 0) is 4.79 Å². The highest BCUT2D eigenvalue weighted by atomic mass is 32.2. The average molecular weight is 391 g/mol. The van der Waals surface area contributed by atoms with Crippen molar-refractivity contribution < 1.29 is 19.0 Å². The van der Waals surface area contributed by atoms with Crippen LogP contribution in [0.2, 0.25) is 0 Å². The molecule has 1 unspecified atom stereocenters. The number of thioether (sulfide) groups is 2. The van der Waals surface area contributed by atoms with Gasteiger partial charge in [-0.2, -0.15) is 0 Å². The molecule has 138 valence electrons. The van der Waals surface area contributed by atoms with Gasteiger partial charge < -0.3 is 14.2 Å². The van der Waals surface area contributed by atoms with Gasteiger partial charge in [-0.15, -0.1) is 23.5 Å². The maximum Gasteiger partial charge on any atom is 0.352 e. The summed E-state index contributed by atoms with van der Waals surface area (Å²) in [6.07, 6.45) is -0.719. The van der Waals surface area contributed by atoms with E-state index in [4.69, 9.17) is 14.2 Å². The van der Waals surface area contributed by atoms with E-state index in [9.17, 15) is 4.79 Å². The van der Waals surface area contributed by atoms with Gasteiger partial charge in [-0.05, 0) is 43.7 Å². The predicted molar refractivity (Wildman–Crippen MR) is 108 cm³/mol. The quantitative estimate of drug-likeness (QED) is 0.519. The molecule has 1 aliphatic heterocycles. The number of ether oxygens (including phenoxy) is 3. The first-order valence-electron chi connectivity index (χ1n) is 8.43. The van der Waals surface area contributed by atoms with Gasteiger partial charge in [0.05, 0.1) is 11.7 Å². The van der Waals surface area contributed by atoms with E-state index in [2.05, 4.69) is 0 Å². The first-order valence-corrected chi connectivity index (χ1v) is 10.5. The van der Waals surface area contributed by atoms with Crippen molar-refractivity contribution in [1.82, 2.24) is 0 Å². The zero-order valence-corrected chi connectivity index (χ0v) is 16.7. The zero-order chi connectivity index (χ0) is 18.5. The highest BCUT2D eigenvalue weighted by Crippen LogP contribution is 2.46. The summed E-state index contributed by atoms with van der Waals surface area (Å²) in [4.78, 5) is 12.4. The van der Waals surface area contributed by atoms with E-state index < -0.39 is 12.1 Å². The van der Waals surface area contributed by atoms with Gasteiger partial charge in [0.2, 0.25) is 0 Å². The Kier molecular flexibility index (Phi) is 6.38. The Hall–Kier alpha value is -1.79. The average Bonchev–Trinajstić information content (AvgIpc) is 3.18. The van der Waals surface area contributed by atoms with E-state index in [0.717, 1.165) is 17.1 Å². The Morgan fingerprint density at radius 3 is 2.42 bits per heavy atom. The predicted octanol–water partition coefficient (Wildman–Crippen LogP) is 4.86. The summed E-state index contributed by atoms with van der Waals surface area (Å²) in [7, 11) is 1.58.